The zero-order valence-corrected chi connectivity index (χ0v) is 17.1. The number of aliphatic hydroxyl groups is 3. The lowest BCUT2D eigenvalue weighted by atomic mass is 9.43. The molecule has 0 aromatic carbocycles. The van der Waals surface area contributed by atoms with E-state index in [2.05, 4.69) is 20.8 Å². The van der Waals surface area contributed by atoms with Crippen molar-refractivity contribution in [2.75, 3.05) is 0 Å². The number of esters is 1. The summed E-state index contributed by atoms with van der Waals surface area (Å²) in [6, 6.07) is 0. The van der Waals surface area contributed by atoms with E-state index in [-0.39, 0.29) is 16.7 Å². The second-order valence-electron chi connectivity index (χ2n) is 10.7. The number of hydrogen-bond acceptors (Lipinski definition) is 5. The van der Waals surface area contributed by atoms with Gasteiger partial charge >= 0.3 is 5.97 Å². The molecular formula is C22H36O5. The number of hydrogen-bond donors (Lipinski definition) is 3. The Kier molecular flexibility index (Phi) is 4.68. The molecule has 4 aliphatic rings. The standard InChI is InChI=1S/C22H36O5/c1-11-9-14-16-13(5-7-21(14,3)10-11)22(4)8-6-15(24)20(27-12(2)23)17(22)19(26)18(16)25/h11,13-20,24-26H,5-10H2,1-4H3/t11?,13?,14?,15-,16?,17?,18?,19?,20+,21-,22-/m1/s1. The van der Waals surface area contributed by atoms with Crippen LogP contribution >= 0.6 is 0 Å². The Hall–Kier alpha value is -0.650. The molecule has 0 spiro atoms. The van der Waals surface area contributed by atoms with E-state index in [4.69, 9.17) is 4.74 Å². The first kappa shape index (κ1) is 19.7. The predicted molar refractivity (Wildman–Crippen MR) is 101 cm³/mol. The molecule has 0 aromatic rings. The van der Waals surface area contributed by atoms with Crippen LogP contribution in [0.25, 0.3) is 0 Å². The van der Waals surface area contributed by atoms with Gasteiger partial charge in [0, 0.05) is 12.8 Å². The topological polar surface area (TPSA) is 87.0 Å². The van der Waals surface area contributed by atoms with E-state index >= 15 is 0 Å². The largest absolute Gasteiger partial charge is 0.459 e. The van der Waals surface area contributed by atoms with Gasteiger partial charge in [-0.05, 0) is 73.0 Å². The number of aliphatic hydroxyl groups excluding tert-OH is 3. The van der Waals surface area contributed by atoms with Crippen LogP contribution in [0.3, 0.4) is 0 Å². The monoisotopic (exact) mass is 380 g/mol. The summed E-state index contributed by atoms with van der Waals surface area (Å²) in [6.45, 7) is 8.23. The maximum atomic E-state index is 11.7. The van der Waals surface area contributed by atoms with E-state index in [1.807, 2.05) is 0 Å². The van der Waals surface area contributed by atoms with E-state index in [1.165, 1.54) is 13.3 Å². The third kappa shape index (κ3) is 2.79. The second kappa shape index (κ2) is 6.43. The van der Waals surface area contributed by atoms with Crippen LogP contribution in [-0.2, 0) is 9.53 Å². The van der Waals surface area contributed by atoms with Crippen LogP contribution in [-0.4, -0.2) is 45.7 Å². The van der Waals surface area contributed by atoms with Gasteiger partial charge in [0.15, 0.2) is 0 Å². The van der Waals surface area contributed by atoms with Gasteiger partial charge in [-0.1, -0.05) is 20.8 Å². The fraction of sp³-hybridized carbons (Fsp3) is 0.955. The summed E-state index contributed by atoms with van der Waals surface area (Å²) in [5.41, 5.74) is 0.0315. The lowest BCUT2D eigenvalue weighted by Gasteiger charge is -2.64. The molecule has 0 aliphatic heterocycles. The number of rotatable bonds is 1. The van der Waals surface area contributed by atoms with Crippen LogP contribution < -0.4 is 0 Å². The second-order valence-corrected chi connectivity index (χ2v) is 10.7. The third-order valence-corrected chi connectivity index (χ3v) is 9.06. The molecule has 0 saturated heterocycles. The minimum absolute atomic E-state index is 0.0955. The summed E-state index contributed by atoms with van der Waals surface area (Å²) in [7, 11) is 0. The van der Waals surface area contributed by atoms with Gasteiger partial charge in [0.05, 0.1) is 18.3 Å². The molecule has 0 aromatic heterocycles. The summed E-state index contributed by atoms with van der Waals surface area (Å²) in [4.78, 5) is 11.7. The maximum absolute atomic E-state index is 11.7. The Labute approximate surface area is 162 Å². The third-order valence-electron chi connectivity index (χ3n) is 9.06. The first-order valence-corrected chi connectivity index (χ1v) is 10.8. The van der Waals surface area contributed by atoms with Gasteiger partial charge < -0.3 is 20.1 Å². The molecular weight excluding hydrogens is 344 g/mol. The highest BCUT2D eigenvalue weighted by Gasteiger charge is 2.66. The molecule has 27 heavy (non-hydrogen) atoms. The van der Waals surface area contributed by atoms with Crippen molar-refractivity contribution < 1.29 is 24.9 Å². The van der Waals surface area contributed by atoms with Crippen molar-refractivity contribution in [2.24, 2.45) is 40.4 Å². The Morgan fingerprint density at radius 3 is 2.41 bits per heavy atom. The van der Waals surface area contributed by atoms with Crippen molar-refractivity contribution in [3.63, 3.8) is 0 Å². The van der Waals surface area contributed by atoms with Crippen LogP contribution in [0.1, 0.15) is 66.2 Å². The van der Waals surface area contributed by atoms with Gasteiger partial charge in [-0.3, -0.25) is 4.79 Å². The zero-order chi connectivity index (χ0) is 19.7. The molecule has 3 N–H and O–H groups in total. The number of fused-ring (bicyclic) bond motifs is 5. The molecule has 4 aliphatic carbocycles. The fourth-order valence-corrected chi connectivity index (χ4v) is 8.07. The van der Waals surface area contributed by atoms with E-state index < -0.39 is 36.3 Å². The fourth-order valence-electron chi connectivity index (χ4n) is 8.07. The summed E-state index contributed by atoms with van der Waals surface area (Å²) in [6.07, 6.45) is 2.64. The highest BCUT2D eigenvalue weighted by molar-refractivity contribution is 5.66. The van der Waals surface area contributed by atoms with E-state index in [0.717, 1.165) is 25.7 Å². The Morgan fingerprint density at radius 2 is 1.74 bits per heavy atom. The summed E-state index contributed by atoms with van der Waals surface area (Å²) in [5.74, 6) is 0.647. The van der Waals surface area contributed by atoms with Gasteiger partial charge in [-0.15, -0.1) is 0 Å². The Balaban J connectivity index is 1.72. The molecule has 5 heteroatoms. The minimum Gasteiger partial charge on any atom is -0.459 e. The van der Waals surface area contributed by atoms with Crippen molar-refractivity contribution in [2.45, 2.75) is 90.6 Å². The molecule has 4 fully saturated rings. The summed E-state index contributed by atoms with van der Waals surface area (Å²) in [5, 5.41) is 33.0. The number of ether oxygens (including phenoxy) is 1. The molecule has 11 atom stereocenters. The quantitative estimate of drug-likeness (QED) is 0.609. The molecule has 0 bridgehead atoms. The van der Waals surface area contributed by atoms with Crippen molar-refractivity contribution in [1.29, 1.82) is 0 Å². The highest BCUT2D eigenvalue weighted by Crippen LogP contribution is 2.67. The van der Waals surface area contributed by atoms with Gasteiger partial charge in [0.25, 0.3) is 0 Å². The zero-order valence-electron chi connectivity index (χ0n) is 17.1. The van der Waals surface area contributed by atoms with Crippen LogP contribution in [0.15, 0.2) is 0 Å². The van der Waals surface area contributed by atoms with Crippen LogP contribution in [0.4, 0.5) is 0 Å². The molecule has 5 nitrogen and oxygen atoms in total. The predicted octanol–water partition coefficient (Wildman–Crippen LogP) is 2.51. The van der Waals surface area contributed by atoms with Crippen LogP contribution in [0.2, 0.25) is 0 Å². The number of carbonyl (C=O) groups is 1. The number of carbonyl (C=O) groups excluding carboxylic acids is 1. The molecule has 0 heterocycles. The lowest BCUT2D eigenvalue weighted by Crippen LogP contribution is -2.67. The highest BCUT2D eigenvalue weighted by atomic mass is 16.6. The van der Waals surface area contributed by atoms with Gasteiger partial charge in [-0.2, -0.15) is 0 Å². The van der Waals surface area contributed by atoms with E-state index in [0.29, 0.717) is 24.2 Å². The summed E-state index contributed by atoms with van der Waals surface area (Å²) >= 11 is 0. The molecule has 4 rings (SSSR count). The molecule has 7 unspecified atom stereocenters. The maximum Gasteiger partial charge on any atom is 0.303 e. The van der Waals surface area contributed by atoms with Gasteiger partial charge in [-0.25, -0.2) is 0 Å². The van der Waals surface area contributed by atoms with Crippen LogP contribution in [0, 0.1) is 40.4 Å². The first-order valence-electron chi connectivity index (χ1n) is 10.8. The summed E-state index contributed by atoms with van der Waals surface area (Å²) < 4.78 is 5.50. The molecule has 0 radical (unpaired) electrons. The van der Waals surface area contributed by atoms with Crippen molar-refractivity contribution in [3.8, 4) is 0 Å². The lowest BCUT2D eigenvalue weighted by molar-refractivity contribution is -0.253. The smallest absolute Gasteiger partial charge is 0.303 e. The van der Waals surface area contributed by atoms with Crippen molar-refractivity contribution in [3.05, 3.63) is 0 Å². The molecule has 4 saturated carbocycles. The van der Waals surface area contributed by atoms with E-state index in [1.54, 1.807) is 0 Å². The average molecular weight is 381 g/mol. The Bertz CT molecular complexity index is 608. The van der Waals surface area contributed by atoms with Crippen molar-refractivity contribution in [1.82, 2.24) is 0 Å². The average Bonchev–Trinajstić information content (AvgIpc) is 2.89. The minimum atomic E-state index is -0.964. The normalized spacial score (nSPS) is 57.4. The SMILES string of the molecule is CC(=O)O[C@@H]1C2C(O)C(O)C3C4CC(C)C[C@@]4(C)CCC3[C@@]2(C)CC[C@H]1O. The Morgan fingerprint density at radius 1 is 1.04 bits per heavy atom. The van der Waals surface area contributed by atoms with E-state index in [9.17, 15) is 20.1 Å². The molecule has 154 valence electrons. The van der Waals surface area contributed by atoms with Gasteiger partial charge in [0.1, 0.15) is 6.10 Å². The van der Waals surface area contributed by atoms with Gasteiger partial charge in [0.2, 0.25) is 0 Å². The van der Waals surface area contributed by atoms with Crippen LogP contribution in [0.5, 0.6) is 0 Å². The molecule has 0 amide bonds. The van der Waals surface area contributed by atoms with Crippen molar-refractivity contribution >= 4 is 5.97 Å². The first-order chi connectivity index (χ1) is 12.6.